The Morgan fingerprint density at radius 2 is 2.20 bits per heavy atom. The fourth-order valence-electron chi connectivity index (χ4n) is 1.86. The van der Waals surface area contributed by atoms with Crippen LogP contribution in [0.5, 0.6) is 0 Å². The Balaban J connectivity index is 2.10. The van der Waals surface area contributed by atoms with Gasteiger partial charge in [-0.2, -0.15) is 0 Å². The van der Waals surface area contributed by atoms with E-state index >= 15 is 0 Å². The molecule has 0 atom stereocenters. The van der Waals surface area contributed by atoms with Crippen molar-refractivity contribution >= 4 is 28.6 Å². The van der Waals surface area contributed by atoms with Gasteiger partial charge in [-0.25, -0.2) is 4.98 Å². The zero-order valence-corrected chi connectivity index (χ0v) is 13.6. The number of aromatic nitrogens is 1. The molecule has 0 unspecified atom stereocenters. The van der Waals surface area contributed by atoms with Crippen LogP contribution in [-0.2, 0) is 0 Å². The summed E-state index contributed by atoms with van der Waals surface area (Å²) >= 11 is 3.13. The second-order valence-electron chi connectivity index (χ2n) is 5.54. The number of thiazole rings is 1. The van der Waals surface area contributed by atoms with Gasteiger partial charge in [0.05, 0.1) is 4.88 Å². The molecule has 0 saturated heterocycles. The maximum absolute atomic E-state index is 12.4. The Morgan fingerprint density at radius 3 is 2.80 bits per heavy atom. The van der Waals surface area contributed by atoms with Crippen molar-refractivity contribution in [1.82, 2.24) is 9.88 Å². The third-order valence-electron chi connectivity index (χ3n) is 3.02. The van der Waals surface area contributed by atoms with Gasteiger partial charge in [0.25, 0.3) is 5.91 Å². The van der Waals surface area contributed by atoms with Crippen LogP contribution >= 0.6 is 22.7 Å². The van der Waals surface area contributed by atoms with Crippen LogP contribution in [0.3, 0.4) is 0 Å². The van der Waals surface area contributed by atoms with E-state index in [0.717, 1.165) is 9.88 Å². The lowest BCUT2D eigenvalue weighted by Crippen LogP contribution is -2.39. The van der Waals surface area contributed by atoms with Crippen molar-refractivity contribution in [2.45, 2.75) is 13.8 Å². The Labute approximate surface area is 127 Å². The maximum Gasteiger partial charge on any atom is 0.273 e. The van der Waals surface area contributed by atoms with Crippen molar-refractivity contribution in [3.05, 3.63) is 28.6 Å². The molecular weight excluding hydrogens is 290 g/mol. The quantitative estimate of drug-likeness (QED) is 0.924. The van der Waals surface area contributed by atoms with Gasteiger partial charge < -0.3 is 10.6 Å². The summed E-state index contributed by atoms with van der Waals surface area (Å²) in [5.41, 5.74) is 6.13. The Hall–Kier alpha value is -1.24. The van der Waals surface area contributed by atoms with Crippen LogP contribution in [-0.4, -0.2) is 35.9 Å². The fraction of sp³-hybridized carbons (Fsp3) is 0.429. The lowest BCUT2D eigenvalue weighted by atomic mass is 9.93. The second kappa shape index (κ2) is 6.03. The zero-order valence-electron chi connectivity index (χ0n) is 11.9. The molecule has 4 nitrogen and oxygen atoms in total. The van der Waals surface area contributed by atoms with Gasteiger partial charge in [-0.15, -0.1) is 22.7 Å². The molecular formula is C14H19N3OS2. The third-order valence-corrected chi connectivity index (χ3v) is 4.90. The average Bonchev–Trinajstić information content (AvgIpc) is 3.07. The Kier molecular flexibility index (Phi) is 4.57. The van der Waals surface area contributed by atoms with Gasteiger partial charge in [-0.3, -0.25) is 4.79 Å². The van der Waals surface area contributed by atoms with Crippen LogP contribution < -0.4 is 5.73 Å². The number of nitrogens with two attached hydrogens (primary N) is 1. The van der Waals surface area contributed by atoms with Crippen LogP contribution in [0.25, 0.3) is 9.88 Å². The second-order valence-corrected chi connectivity index (χ2v) is 7.35. The highest BCUT2D eigenvalue weighted by Gasteiger charge is 2.23. The third kappa shape index (κ3) is 3.45. The minimum Gasteiger partial charge on any atom is -0.340 e. The van der Waals surface area contributed by atoms with Crippen LogP contribution in [0, 0.1) is 5.41 Å². The predicted octanol–water partition coefficient (Wildman–Crippen LogP) is 2.93. The standard InChI is InChI=1S/C14H19N3OS2/c1-14(2,8-15)9-17(3)13(18)10-7-20-12(16-10)11-5-4-6-19-11/h4-7H,8-9,15H2,1-3H3. The highest BCUT2D eigenvalue weighted by Crippen LogP contribution is 2.28. The average molecular weight is 309 g/mol. The lowest BCUT2D eigenvalue weighted by molar-refractivity contribution is 0.0735. The molecule has 0 bridgehead atoms. The minimum absolute atomic E-state index is 0.0504. The van der Waals surface area contributed by atoms with Crippen molar-refractivity contribution in [2.24, 2.45) is 11.1 Å². The summed E-state index contributed by atoms with van der Waals surface area (Å²) in [4.78, 5) is 19.6. The van der Waals surface area contributed by atoms with Gasteiger partial charge in [-0.1, -0.05) is 19.9 Å². The van der Waals surface area contributed by atoms with Crippen molar-refractivity contribution < 1.29 is 4.79 Å². The van der Waals surface area contributed by atoms with E-state index in [-0.39, 0.29) is 11.3 Å². The van der Waals surface area contributed by atoms with Gasteiger partial charge in [0, 0.05) is 19.0 Å². The van der Waals surface area contributed by atoms with E-state index in [0.29, 0.717) is 18.8 Å². The van der Waals surface area contributed by atoms with E-state index in [4.69, 9.17) is 5.73 Å². The van der Waals surface area contributed by atoms with Crippen LogP contribution in [0.1, 0.15) is 24.3 Å². The molecule has 2 aromatic heterocycles. The normalized spacial score (nSPS) is 11.6. The van der Waals surface area contributed by atoms with Crippen molar-refractivity contribution in [3.63, 3.8) is 0 Å². The van der Waals surface area contributed by atoms with Crippen molar-refractivity contribution in [1.29, 1.82) is 0 Å². The summed E-state index contributed by atoms with van der Waals surface area (Å²) in [6.45, 7) is 5.26. The molecule has 0 radical (unpaired) electrons. The number of thiophene rings is 1. The monoisotopic (exact) mass is 309 g/mol. The molecule has 0 aliphatic carbocycles. The summed E-state index contributed by atoms with van der Waals surface area (Å²) in [5, 5.41) is 4.73. The highest BCUT2D eigenvalue weighted by atomic mass is 32.1. The van der Waals surface area contributed by atoms with Crippen molar-refractivity contribution in [2.75, 3.05) is 20.1 Å². The van der Waals surface area contributed by atoms with Crippen LogP contribution in [0.15, 0.2) is 22.9 Å². The maximum atomic E-state index is 12.4. The molecule has 20 heavy (non-hydrogen) atoms. The molecule has 2 N–H and O–H groups in total. The first-order chi connectivity index (χ1) is 9.43. The first-order valence-electron chi connectivity index (χ1n) is 6.38. The summed E-state index contributed by atoms with van der Waals surface area (Å²) in [6, 6.07) is 4.00. The van der Waals surface area contributed by atoms with Crippen molar-refractivity contribution in [3.8, 4) is 9.88 Å². The Morgan fingerprint density at radius 1 is 1.45 bits per heavy atom. The fourth-order valence-corrected chi connectivity index (χ4v) is 3.47. The number of hydrogen-bond acceptors (Lipinski definition) is 5. The topological polar surface area (TPSA) is 59.2 Å². The molecule has 0 aliphatic rings. The van der Waals surface area contributed by atoms with E-state index in [2.05, 4.69) is 18.8 Å². The molecule has 0 aliphatic heterocycles. The molecule has 108 valence electrons. The zero-order chi connectivity index (χ0) is 14.8. The molecule has 6 heteroatoms. The number of amides is 1. The van der Waals surface area contributed by atoms with Crippen LogP contribution in [0.4, 0.5) is 0 Å². The van der Waals surface area contributed by atoms with E-state index in [1.165, 1.54) is 11.3 Å². The number of hydrogen-bond donors (Lipinski definition) is 1. The van der Waals surface area contributed by atoms with E-state index in [9.17, 15) is 4.79 Å². The lowest BCUT2D eigenvalue weighted by Gasteiger charge is -2.28. The molecule has 1 amide bonds. The molecule has 0 aromatic carbocycles. The first-order valence-corrected chi connectivity index (χ1v) is 8.14. The summed E-state index contributed by atoms with van der Waals surface area (Å²) < 4.78 is 0. The van der Waals surface area contributed by atoms with Gasteiger partial charge in [-0.05, 0) is 23.4 Å². The smallest absolute Gasteiger partial charge is 0.273 e. The predicted molar refractivity (Wildman–Crippen MR) is 85.2 cm³/mol. The van der Waals surface area contributed by atoms with Crippen LogP contribution in [0.2, 0.25) is 0 Å². The molecule has 0 fully saturated rings. The molecule has 2 heterocycles. The number of carbonyl (C=O) groups is 1. The molecule has 2 rings (SSSR count). The number of rotatable bonds is 5. The Bertz CT molecular complexity index is 575. The van der Waals surface area contributed by atoms with Gasteiger partial charge in [0.1, 0.15) is 10.7 Å². The first kappa shape index (κ1) is 15.2. The molecule has 0 spiro atoms. The van der Waals surface area contributed by atoms with Gasteiger partial charge >= 0.3 is 0 Å². The number of carbonyl (C=O) groups excluding carboxylic acids is 1. The minimum atomic E-state index is -0.0863. The highest BCUT2D eigenvalue weighted by molar-refractivity contribution is 7.20. The number of nitrogens with zero attached hydrogens (tertiary/aromatic N) is 2. The van der Waals surface area contributed by atoms with Gasteiger partial charge in [0.2, 0.25) is 0 Å². The van der Waals surface area contributed by atoms with E-state index in [1.54, 1.807) is 23.3 Å². The SMILES string of the molecule is CN(CC(C)(C)CN)C(=O)c1csc(-c2cccs2)n1. The van der Waals surface area contributed by atoms with E-state index in [1.807, 2.05) is 22.9 Å². The summed E-state index contributed by atoms with van der Waals surface area (Å²) in [7, 11) is 1.80. The summed E-state index contributed by atoms with van der Waals surface area (Å²) in [5.74, 6) is -0.0504. The largest absolute Gasteiger partial charge is 0.340 e. The molecule has 2 aromatic rings. The van der Waals surface area contributed by atoms with E-state index < -0.39 is 0 Å². The molecule has 0 saturated carbocycles. The van der Waals surface area contributed by atoms with Gasteiger partial charge in [0.15, 0.2) is 0 Å². The summed E-state index contributed by atoms with van der Waals surface area (Å²) in [6.07, 6.45) is 0.